The van der Waals surface area contributed by atoms with Crippen molar-refractivity contribution in [2.45, 2.75) is 26.4 Å². The SMILES string of the molecule is CCC(C)Oc1cc(F)ccc1Cl. The van der Waals surface area contributed by atoms with E-state index < -0.39 is 0 Å². The fraction of sp³-hybridized carbons (Fsp3) is 0.400. The van der Waals surface area contributed by atoms with Gasteiger partial charge >= 0.3 is 0 Å². The molecule has 72 valence electrons. The Labute approximate surface area is 82.5 Å². The highest BCUT2D eigenvalue weighted by Gasteiger charge is 2.06. The van der Waals surface area contributed by atoms with E-state index in [1.807, 2.05) is 13.8 Å². The Morgan fingerprint density at radius 2 is 2.23 bits per heavy atom. The summed E-state index contributed by atoms with van der Waals surface area (Å²) in [7, 11) is 0. The molecule has 0 aromatic heterocycles. The number of hydrogen-bond acceptors (Lipinski definition) is 1. The summed E-state index contributed by atoms with van der Waals surface area (Å²) < 4.78 is 18.2. The molecular weight excluding hydrogens is 191 g/mol. The van der Waals surface area contributed by atoms with Crippen LogP contribution in [0.15, 0.2) is 18.2 Å². The van der Waals surface area contributed by atoms with Crippen LogP contribution in [0.4, 0.5) is 4.39 Å². The summed E-state index contributed by atoms with van der Waals surface area (Å²) in [6.45, 7) is 3.92. The molecule has 0 saturated carbocycles. The summed E-state index contributed by atoms with van der Waals surface area (Å²) in [5.74, 6) is 0.0821. The zero-order valence-electron chi connectivity index (χ0n) is 7.68. The van der Waals surface area contributed by atoms with Crippen molar-refractivity contribution in [2.24, 2.45) is 0 Å². The predicted octanol–water partition coefficient (Wildman–Crippen LogP) is 3.66. The van der Waals surface area contributed by atoms with Gasteiger partial charge in [-0.1, -0.05) is 18.5 Å². The second kappa shape index (κ2) is 4.47. The van der Waals surface area contributed by atoms with E-state index in [0.29, 0.717) is 10.8 Å². The molecule has 0 aliphatic rings. The number of halogens is 2. The molecule has 0 radical (unpaired) electrons. The minimum atomic E-state index is -0.331. The summed E-state index contributed by atoms with van der Waals surface area (Å²) >= 11 is 5.81. The molecular formula is C10H12ClFO. The van der Waals surface area contributed by atoms with Crippen LogP contribution in [0.2, 0.25) is 5.02 Å². The molecule has 3 heteroatoms. The van der Waals surface area contributed by atoms with Gasteiger partial charge in [-0.25, -0.2) is 4.39 Å². The van der Waals surface area contributed by atoms with Crippen LogP contribution < -0.4 is 4.74 Å². The van der Waals surface area contributed by atoms with Crippen LogP contribution in [-0.2, 0) is 0 Å². The predicted molar refractivity (Wildman–Crippen MR) is 51.8 cm³/mol. The first-order chi connectivity index (χ1) is 6.13. The molecule has 0 saturated heterocycles. The van der Waals surface area contributed by atoms with Crippen molar-refractivity contribution >= 4 is 11.6 Å². The number of benzene rings is 1. The van der Waals surface area contributed by atoms with E-state index in [0.717, 1.165) is 6.42 Å². The molecule has 0 aliphatic carbocycles. The van der Waals surface area contributed by atoms with Gasteiger partial charge in [0.25, 0.3) is 0 Å². The normalized spacial score (nSPS) is 12.6. The van der Waals surface area contributed by atoms with Crippen molar-refractivity contribution in [3.63, 3.8) is 0 Å². The molecule has 1 aromatic rings. The summed E-state index contributed by atoms with van der Waals surface area (Å²) in [6.07, 6.45) is 0.923. The Hall–Kier alpha value is -0.760. The first-order valence-electron chi connectivity index (χ1n) is 4.25. The van der Waals surface area contributed by atoms with Crippen LogP contribution in [-0.4, -0.2) is 6.10 Å². The van der Waals surface area contributed by atoms with Crippen molar-refractivity contribution < 1.29 is 9.13 Å². The highest BCUT2D eigenvalue weighted by molar-refractivity contribution is 6.32. The summed E-state index contributed by atoms with van der Waals surface area (Å²) in [5.41, 5.74) is 0. The zero-order valence-corrected chi connectivity index (χ0v) is 8.44. The minimum absolute atomic E-state index is 0.0549. The number of rotatable bonds is 3. The van der Waals surface area contributed by atoms with Crippen LogP contribution in [0.3, 0.4) is 0 Å². The fourth-order valence-electron chi connectivity index (χ4n) is 0.868. The Morgan fingerprint density at radius 3 is 2.85 bits per heavy atom. The van der Waals surface area contributed by atoms with E-state index in [4.69, 9.17) is 16.3 Å². The quantitative estimate of drug-likeness (QED) is 0.727. The third kappa shape index (κ3) is 2.88. The molecule has 0 aliphatic heterocycles. The van der Waals surface area contributed by atoms with E-state index >= 15 is 0 Å². The van der Waals surface area contributed by atoms with E-state index in [1.54, 1.807) is 0 Å². The zero-order chi connectivity index (χ0) is 9.84. The summed E-state index contributed by atoms with van der Waals surface area (Å²) in [6, 6.07) is 4.11. The van der Waals surface area contributed by atoms with Crippen molar-refractivity contribution in [3.8, 4) is 5.75 Å². The van der Waals surface area contributed by atoms with Crippen molar-refractivity contribution in [2.75, 3.05) is 0 Å². The third-order valence-corrected chi connectivity index (χ3v) is 2.11. The molecule has 0 spiro atoms. The highest BCUT2D eigenvalue weighted by Crippen LogP contribution is 2.26. The van der Waals surface area contributed by atoms with Gasteiger partial charge in [0.05, 0.1) is 11.1 Å². The van der Waals surface area contributed by atoms with Crippen LogP contribution in [0, 0.1) is 5.82 Å². The van der Waals surface area contributed by atoms with Gasteiger partial charge in [0, 0.05) is 6.07 Å². The lowest BCUT2D eigenvalue weighted by Crippen LogP contribution is -2.10. The highest BCUT2D eigenvalue weighted by atomic mass is 35.5. The first-order valence-corrected chi connectivity index (χ1v) is 4.63. The lowest BCUT2D eigenvalue weighted by Gasteiger charge is -2.13. The van der Waals surface area contributed by atoms with Crippen LogP contribution >= 0.6 is 11.6 Å². The summed E-state index contributed by atoms with van der Waals surface area (Å²) in [5, 5.41) is 0.446. The molecule has 0 bridgehead atoms. The van der Waals surface area contributed by atoms with Crippen molar-refractivity contribution in [1.29, 1.82) is 0 Å². The second-order valence-electron chi connectivity index (χ2n) is 2.91. The molecule has 1 nitrogen and oxygen atoms in total. The number of ether oxygens (including phenoxy) is 1. The number of hydrogen-bond donors (Lipinski definition) is 0. The molecule has 1 atom stereocenters. The van der Waals surface area contributed by atoms with E-state index in [1.165, 1.54) is 18.2 Å². The summed E-state index contributed by atoms with van der Waals surface area (Å²) in [4.78, 5) is 0. The first kappa shape index (κ1) is 10.3. The van der Waals surface area contributed by atoms with Gasteiger partial charge in [0.2, 0.25) is 0 Å². The molecule has 0 N–H and O–H groups in total. The van der Waals surface area contributed by atoms with Gasteiger partial charge < -0.3 is 4.74 Å². The average molecular weight is 203 g/mol. The van der Waals surface area contributed by atoms with Crippen molar-refractivity contribution in [1.82, 2.24) is 0 Å². The molecule has 0 heterocycles. The van der Waals surface area contributed by atoms with Gasteiger partial charge in [0.1, 0.15) is 11.6 Å². The maximum absolute atomic E-state index is 12.8. The lowest BCUT2D eigenvalue weighted by atomic mass is 10.3. The largest absolute Gasteiger partial charge is 0.489 e. The van der Waals surface area contributed by atoms with Gasteiger partial charge in [-0.3, -0.25) is 0 Å². The maximum atomic E-state index is 12.8. The second-order valence-corrected chi connectivity index (χ2v) is 3.32. The topological polar surface area (TPSA) is 9.23 Å². The van der Waals surface area contributed by atoms with E-state index in [2.05, 4.69) is 0 Å². The molecule has 1 aromatic carbocycles. The molecule has 0 amide bonds. The standard InChI is InChI=1S/C10H12ClFO/c1-3-7(2)13-10-6-8(12)4-5-9(10)11/h4-7H,3H2,1-2H3. The fourth-order valence-corrected chi connectivity index (χ4v) is 1.03. The molecule has 13 heavy (non-hydrogen) atoms. The Bertz CT molecular complexity index is 288. The van der Waals surface area contributed by atoms with Gasteiger partial charge in [-0.15, -0.1) is 0 Å². The molecule has 0 fully saturated rings. The van der Waals surface area contributed by atoms with Crippen molar-refractivity contribution in [3.05, 3.63) is 29.0 Å². The Morgan fingerprint density at radius 1 is 1.54 bits per heavy atom. The van der Waals surface area contributed by atoms with Crippen LogP contribution in [0.1, 0.15) is 20.3 Å². The average Bonchev–Trinajstić information content (AvgIpc) is 2.11. The molecule has 1 unspecified atom stereocenters. The Balaban J connectivity index is 2.81. The van der Waals surface area contributed by atoms with Gasteiger partial charge in [-0.05, 0) is 25.5 Å². The Kier molecular flexibility index (Phi) is 3.55. The molecule has 1 rings (SSSR count). The van der Waals surface area contributed by atoms with Gasteiger partial charge in [0.15, 0.2) is 0 Å². The monoisotopic (exact) mass is 202 g/mol. The van der Waals surface area contributed by atoms with Crippen LogP contribution in [0.5, 0.6) is 5.75 Å². The minimum Gasteiger partial charge on any atom is -0.489 e. The third-order valence-electron chi connectivity index (χ3n) is 1.80. The van der Waals surface area contributed by atoms with Gasteiger partial charge in [-0.2, -0.15) is 0 Å². The van der Waals surface area contributed by atoms with E-state index in [9.17, 15) is 4.39 Å². The lowest BCUT2D eigenvalue weighted by molar-refractivity contribution is 0.217. The van der Waals surface area contributed by atoms with Crippen LogP contribution in [0.25, 0.3) is 0 Å². The smallest absolute Gasteiger partial charge is 0.141 e. The van der Waals surface area contributed by atoms with E-state index in [-0.39, 0.29) is 11.9 Å². The maximum Gasteiger partial charge on any atom is 0.141 e.